The molecule has 0 fully saturated rings. The number of carbonyl (C=O) groups is 2. The van der Waals surface area contributed by atoms with Crippen LogP contribution < -0.4 is 10.2 Å². The quantitative estimate of drug-likeness (QED) is 0.909. The van der Waals surface area contributed by atoms with Gasteiger partial charge < -0.3 is 14.6 Å². The number of amides is 2. The van der Waals surface area contributed by atoms with E-state index < -0.39 is 0 Å². The minimum absolute atomic E-state index is 0.0791. The van der Waals surface area contributed by atoms with Crippen molar-refractivity contribution in [2.75, 3.05) is 16.8 Å². The Balaban J connectivity index is 2.04. The third-order valence-electron chi connectivity index (χ3n) is 4.34. The van der Waals surface area contributed by atoms with Gasteiger partial charge in [-0.15, -0.1) is 0 Å². The van der Waals surface area contributed by atoms with Gasteiger partial charge in [0.25, 0.3) is 5.91 Å². The van der Waals surface area contributed by atoms with E-state index in [4.69, 9.17) is 4.42 Å². The summed E-state index contributed by atoms with van der Waals surface area (Å²) in [6.45, 7) is 8.01. The molecule has 1 N–H and O–H groups in total. The predicted molar refractivity (Wildman–Crippen MR) is 93.4 cm³/mol. The Kier molecular flexibility index (Phi) is 4.18. The fourth-order valence-corrected chi connectivity index (χ4v) is 2.87. The number of nitrogens with zero attached hydrogens (tertiary/aromatic N) is 1. The summed E-state index contributed by atoms with van der Waals surface area (Å²) < 4.78 is 5.73. The zero-order valence-corrected chi connectivity index (χ0v) is 14.4. The Morgan fingerprint density at radius 3 is 2.71 bits per heavy atom. The average molecular weight is 326 g/mol. The van der Waals surface area contributed by atoms with Gasteiger partial charge in [0.05, 0.1) is 22.9 Å². The number of aryl methyl sites for hydroxylation is 1. The summed E-state index contributed by atoms with van der Waals surface area (Å²) >= 11 is 0. The molecule has 1 aromatic carbocycles. The minimum atomic E-state index is -0.293. The summed E-state index contributed by atoms with van der Waals surface area (Å²) in [5, 5.41) is 2.89. The van der Waals surface area contributed by atoms with Gasteiger partial charge in [-0.3, -0.25) is 9.59 Å². The first-order valence-corrected chi connectivity index (χ1v) is 8.20. The van der Waals surface area contributed by atoms with Crippen LogP contribution >= 0.6 is 0 Å². The van der Waals surface area contributed by atoms with E-state index in [1.807, 2.05) is 51.1 Å². The molecular weight excluding hydrogens is 304 g/mol. The number of rotatable bonds is 2. The second-order valence-electron chi connectivity index (χ2n) is 6.60. The van der Waals surface area contributed by atoms with Gasteiger partial charge >= 0.3 is 0 Å². The number of fused-ring (bicyclic) bond motifs is 1. The maximum Gasteiger partial charge on any atom is 0.261 e. The first kappa shape index (κ1) is 16.3. The van der Waals surface area contributed by atoms with Gasteiger partial charge in [-0.1, -0.05) is 32.9 Å². The Labute approximate surface area is 141 Å². The monoisotopic (exact) mass is 326 g/mol. The van der Waals surface area contributed by atoms with Crippen LogP contribution in [-0.2, 0) is 4.79 Å². The van der Waals surface area contributed by atoms with Crippen molar-refractivity contribution in [3.8, 4) is 0 Å². The molecule has 2 heterocycles. The van der Waals surface area contributed by atoms with Crippen molar-refractivity contribution in [1.82, 2.24) is 0 Å². The molecule has 5 heteroatoms. The maximum absolute atomic E-state index is 13.2. The molecular formula is C19H22N2O3. The van der Waals surface area contributed by atoms with E-state index in [9.17, 15) is 9.59 Å². The largest absolute Gasteiger partial charge is 0.465 e. The lowest BCUT2D eigenvalue weighted by Gasteiger charge is -2.23. The van der Waals surface area contributed by atoms with Crippen LogP contribution in [0.2, 0.25) is 0 Å². The molecule has 0 aliphatic carbocycles. The summed E-state index contributed by atoms with van der Waals surface area (Å²) in [7, 11) is 0. The van der Waals surface area contributed by atoms with Gasteiger partial charge in [0.15, 0.2) is 0 Å². The van der Waals surface area contributed by atoms with Gasteiger partial charge in [0.2, 0.25) is 5.91 Å². The van der Waals surface area contributed by atoms with Crippen molar-refractivity contribution in [2.45, 2.75) is 33.6 Å². The van der Waals surface area contributed by atoms with Crippen LogP contribution in [0.3, 0.4) is 0 Å². The Hall–Kier alpha value is -2.56. The highest BCUT2D eigenvalue weighted by Gasteiger charge is 2.30. The predicted octanol–water partition coefficient (Wildman–Crippen LogP) is 3.95. The third-order valence-corrected chi connectivity index (χ3v) is 4.34. The molecule has 0 bridgehead atoms. The van der Waals surface area contributed by atoms with Gasteiger partial charge in [-0.25, -0.2) is 0 Å². The molecule has 1 unspecified atom stereocenters. The zero-order chi connectivity index (χ0) is 17.4. The summed E-state index contributed by atoms with van der Waals surface area (Å²) in [4.78, 5) is 27.0. The lowest BCUT2D eigenvalue weighted by molar-refractivity contribution is -0.119. The fraction of sp³-hybridized carbons (Fsp3) is 0.368. The van der Waals surface area contributed by atoms with E-state index in [0.717, 1.165) is 5.76 Å². The number of furan rings is 1. The molecule has 1 aliphatic heterocycles. The van der Waals surface area contributed by atoms with E-state index in [1.165, 1.54) is 0 Å². The van der Waals surface area contributed by atoms with Gasteiger partial charge in [0, 0.05) is 12.5 Å². The van der Waals surface area contributed by atoms with E-state index in [0.29, 0.717) is 29.2 Å². The molecule has 1 aliphatic rings. The SMILES string of the molecule is Cc1oc(C(C)C)cc1C(=O)N1CC(C)C(=O)Nc2ccccc21. The van der Waals surface area contributed by atoms with Crippen LogP contribution in [0.15, 0.2) is 34.7 Å². The fourth-order valence-electron chi connectivity index (χ4n) is 2.87. The summed E-state index contributed by atoms with van der Waals surface area (Å²) in [6, 6.07) is 9.19. The third kappa shape index (κ3) is 2.82. The molecule has 0 radical (unpaired) electrons. The Bertz CT molecular complexity index is 792. The lowest BCUT2D eigenvalue weighted by Crippen LogP contribution is -2.36. The first-order chi connectivity index (χ1) is 11.4. The molecule has 126 valence electrons. The molecule has 1 atom stereocenters. The van der Waals surface area contributed by atoms with Crippen molar-refractivity contribution < 1.29 is 14.0 Å². The number of hydrogen-bond donors (Lipinski definition) is 1. The zero-order valence-electron chi connectivity index (χ0n) is 14.4. The summed E-state index contributed by atoms with van der Waals surface area (Å²) in [5.41, 5.74) is 1.92. The number of nitrogens with one attached hydrogen (secondary N) is 1. The van der Waals surface area contributed by atoms with E-state index >= 15 is 0 Å². The molecule has 1 aromatic heterocycles. The molecule has 24 heavy (non-hydrogen) atoms. The second-order valence-corrected chi connectivity index (χ2v) is 6.60. The van der Waals surface area contributed by atoms with Crippen LogP contribution in [0.4, 0.5) is 11.4 Å². The molecule has 0 saturated heterocycles. The summed E-state index contributed by atoms with van der Waals surface area (Å²) in [5.74, 6) is 1.10. The maximum atomic E-state index is 13.2. The van der Waals surface area contributed by atoms with Crippen LogP contribution in [0.5, 0.6) is 0 Å². The van der Waals surface area contributed by atoms with Crippen LogP contribution in [0.25, 0.3) is 0 Å². The van der Waals surface area contributed by atoms with E-state index in [-0.39, 0.29) is 23.7 Å². The van der Waals surface area contributed by atoms with Crippen molar-refractivity contribution in [3.05, 3.63) is 47.4 Å². The van der Waals surface area contributed by atoms with Crippen LogP contribution in [0.1, 0.15) is 48.6 Å². The van der Waals surface area contributed by atoms with Crippen LogP contribution in [-0.4, -0.2) is 18.4 Å². The molecule has 2 amide bonds. The smallest absolute Gasteiger partial charge is 0.261 e. The van der Waals surface area contributed by atoms with Gasteiger partial charge in [0.1, 0.15) is 11.5 Å². The first-order valence-electron chi connectivity index (χ1n) is 8.20. The summed E-state index contributed by atoms with van der Waals surface area (Å²) in [6.07, 6.45) is 0. The minimum Gasteiger partial charge on any atom is -0.465 e. The topological polar surface area (TPSA) is 62.6 Å². The number of hydrogen-bond acceptors (Lipinski definition) is 3. The molecule has 5 nitrogen and oxygen atoms in total. The Morgan fingerprint density at radius 2 is 2.04 bits per heavy atom. The van der Waals surface area contributed by atoms with Gasteiger partial charge in [-0.2, -0.15) is 0 Å². The number of benzene rings is 1. The number of para-hydroxylation sites is 2. The van der Waals surface area contributed by atoms with Crippen molar-refractivity contribution in [3.63, 3.8) is 0 Å². The highest BCUT2D eigenvalue weighted by Crippen LogP contribution is 2.32. The van der Waals surface area contributed by atoms with E-state index in [1.54, 1.807) is 11.8 Å². The number of carbonyl (C=O) groups excluding carboxylic acids is 2. The van der Waals surface area contributed by atoms with Gasteiger partial charge in [-0.05, 0) is 25.1 Å². The highest BCUT2D eigenvalue weighted by atomic mass is 16.3. The lowest BCUT2D eigenvalue weighted by atomic mass is 10.1. The standard InChI is InChI=1S/C19H22N2O3/c1-11(2)17-9-14(13(4)24-17)19(23)21-10-12(3)18(22)20-15-7-5-6-8-16(15)21/h5-9,11-12H,10H2,1-4H3,(H,20,22). The number of anilines is 2. The van der Waals surface area contributed by atoms with Crippen molar-refractivity contribution in [1.29, 1.82) is 0 Å². The second kappa shape index (κ2) is 6.15. The molecule has 3 rings (SSSR count). The van der Waals surface area contributed by atoms with Crippen molar-refractivity contribution in [2.24, 2.45) is 5.92 Å². The Morgan fingerprint density at radius 1 is 1.33 bits per heavy atom. The molecule has 0 saturated carbocycles. The highest BCUT2D eigenvalue weighted by molar-refractivity contribution is 6.11. The molecule has 2 aromatic rings. The average Bonchev–Trinajstić information content (AvgIpc) is 2.88. The normalized spacial score (nSPS) is 17.5. The van der Waals surface area contributed by atoms with E-state index in [2.05, 4.69) is 5.32 Å². The molecule has 0 spiro atoms. The van der Waals surface area contributed by atoms with Crippen molar-refractivity contribution >= 4 is 23.2 Å². The van der Waals surface area contributed by atoms with Crippen LogP contribution in [0, 0.1) is 12.8 Å².